The Hall–Kier alpha value is -2.83. The molecular weight excluding hydrogens is 442 g/mol. The maximum Gasteiger partial charge on any atom is 0.275 e. The molecule has 2 aromatic carbocycles. The van der Waals surface area contributed by atoms with Gasteiger partial charge >= 0.3 is 0 Å². The third kappa shape index (κ3) is 4.38. The lowest BCUT2D eigenvalue weighted by Gasteiger charge is -2.25. The molecule has 2 aromatic heterocycles. The van der Waals surface area contributed by atoms with Gasteiger partial charge in [-0.1, -0.05) is 37.1 Å². The zero-order valence-electron chi connectivity index (χ0n) is 18.5. The van der Waals surface area contributed by atoms with Gasteiger partial charge in [-0.2, -0.15) is 0 Å². The fraction of sp³-hybridized carbons (Fsp3) is 0.280. The average molecular weight is 468 g/mol. The molecule has 0 saturated carbocycles. The second kappa shape index (κ2) is 9.76. The van der Waals surface area contributed by atoms with Crippen molar-refractivity contribution in [2.75, 3.05) is 25.1 Å². The zero-order valence-corrected chi connectivity index (χ0v) is 20.0. The summed E-state index contributed by atoms with van der Waals surface area (Å²) in [5, 5.41) is 0.684. The maximum absolute atomic E-state index is 13.3. The summed E-state index contributed by atoms with van der Waals surface area (Å²) in [6.45, 7) is 6.19. The Morgan fingerprint density at radius 1 is 1.12 bits per heavy atom. The largest absolute Gasteiger partial charge is 0.495 e. The zero-order chi connectivity index (χ0) is 22.7. The molecule has 7 heteroatoms. The fourth-order valence-electron chi connectivity index (χ4n) is 3.73. The van der Waals surface area contributed by atoms with Gasteiger partial charge in [-0.15, -0.1) is 11.3 Å². The molecule has 0 spiro atoms. The third-order valence-corrected chi connectivity index (χ3v) is 6.93. The number of benzene rings is 2. The minimum Gasteiger partial charge on any atom is -0.495 e. The van der Waals surface area contributed by atoms with E-state index in [4.69, 9.17) is 16.3 Å². The van der Waals surface area contributed by atoms with Crippen molar-refractivity contribution in [1.29, 1.82) is 0 Å². The second-order valence-electron chi connectivity index (χ2n) is 7.54. The van der Waals surface area contributed by atoms with Crippen molar-refractivity contribution in [2.24, 2.45) is 0 Å². The van der Waals surface area contributed by atoms with Crippen LogP contribution in [-0.4, -0.2) is 29.8 Å². The van der Waals surface area contributed by atoms with Crippen molar-refractivity contribution >= 4 is 38.8 Å². The lowest BCUT2D eigenvalue weighted by atomic mass is 10.2. The number of hydrogen-bond acceptors (Lipinski definition) is 5. The lowest BCUT2D eigenvalue weighted by molar-refractivity contribution is 0.414. The van der Waals surface area contributed by atoms with E-state index >= 15 is 0 Å². The molecule has 166 valence electrons. The molecular formula is C25H26ClN3O2S. The van der Waals surface area contributed by atoms with Crippen molar-refractivity contribution in [2.45, 2.75) is 26.7 Å². The Kier molecular flexibility index (Phi) is 6.82. The summed E-state index contributed by atoms with van der Waals surface area (Å²) in [7, 11) is 1.66. The summed E-state index contributed by atoms with van der Waals surface area (Å²) >= 11 is 7.45. The number of methoxy groups -OCH3 is 1. The van der Waals surface area contributed by atoms with Gasteiger partial charge in [0.2, 0.25) is 0 Å². The topological polar surface area (TPSA) is 47.4 Å². The fourth-order valence-corrected chi connectivity index (χ4v) is 4.90. The van der Waals surface area contributed by atoms with Crippen LogP contribution in [0.25, 0.3) is 26.3 Å². The summed E-state index contributed by atoms with van der Waals surface area (Å²) in [4.78, 5) is 21.1. The van der Waals surface area contributed by atoms with Gasteiger partial charge in [0.15, 0.2) is 0 Å². The van der Waals surface area contributed by atoms with E-state index < -0.39 is 0 Å². The van der Waals surface area contributed by atoms with E-state index in [0.717, 1.165) is 53.5 Å². The molecule has 0 amide bonds. The van der Waals surface area contributed by atoms with Crippen molar-refractivity contribution in [3.05, 3.63) is 70.2 Å². The molecule has 0 aliphatic carbocycles. The van der Waals surface area contributed by atoms with Gasteiger partial charge in [0, 0.05) is 29.1 Å². The van der Waals surface area contributed by atoms with Gasteiger partial charge in [0.25, 0.3) is 5.56 Å². The van der Waals surface area contributed by atoms with Crippen molar-refractivity contribution in [3.63, 3.8) is 0 Å². The van der Waals surface area contributed by atoms with Crippen molar-refractivity contribution in [3.8, 4) is 21.9 Å². The number of ether oxygens (including phenoxy) is 1. The first-order valence-electron chi connectivity index (χ1n) is 10.8. The van der Waals surface area contributed by atoms with Crippen LogP contribution >= 0.6 is 22.9 Å². The summed E-state index contributed by atoms with van der Waals surface area (Å²) in [6, 6.07) is 15.4. The first-order chi connectivity index (χ1) is 15.5. The van der Waals surface area contributed by atoms with Gasteiger partial charge in [0.1, 0.15) is 16.8 Å². The van der Waals surface area contributed by atoms with E-state index in [1.165, 1.54) is 11.3 Å². The normalized spacial score (nSPS) is 11.1. The Labute approximate surface area is 196 Å². The van der Waals surface area contributed by atoms with E-state index in [1.54, 1.807) is 18.0 Å². The highest BCUT2D eigenvalue weighted by molar-refractivity contribution is 7.22. The number of rotatable bonds is 8. The highest BCUT2D eigenvalue weighted by Crippen LogP contribution is 2.33. The van der Waals surface area contributed by atoms with Crippen LogP contribution in [0.2, 0.25) is 5.02 Å². The molecule has 4 rings (SSSR count). The molecule has 0 atom stereocenters. The van der Waals surface area contributed by atoms with Gasteiger partial charge in [-0.3, -0.25) is 9.36 Å². The molecule has 0 N–H and O–H groups in total. The molecule has 0 saturated heterocycles. The Morgan fingerprint density at radius 3 is 2.59 bits per heavy atom. The van der Waals surface area contributed by atoms with Crippen LogP contribution in [0.4, 0.5) is 5.69 Å². The maximum atomic E-state index is 13.3. The summed E-state index contributed by atoms with van der Waals surface area (Å²) in [5.41, 5.74) is 3.39. The van der Waals surface area contributed by atoms with E-state index in [0.29, 0.717) is 15.2 Å². The molecule has 0 aliphatic rings. The average Bonchev–Trinajstić information content (AvgIpc) is 3.26. The van der Waals surface area contributed by atoms with Gasteiger partial charge in [-0.25, -0.2) is 4.98 Å². The Balaban J connectivity index is 1.73. The monoisotopic (exact) mass is 467 g/mol. The number of fused-ring (bicyclic) bond motifs is 1. The minimum absolute atomic E-state index is 0.0895. The molecule has 0 bridgehead atoms. The number of halogens is 1. The molecule has 0 unspecified atom stereocenters. The van der Waals surface area contributed by atoms with Crippen molar-refractivity contribution in [1.82, 2.24) is 9.55 Å². The molecule has 0 fully saturated rings. The molecule has 32 heavy (non-hydrogen) atoms. The van der Waals surface area contributed by atoms with Crippen LogP contribution in [0.1, 0.15) is 26.7 Å². The van der Waals surface area contributed by atoms with E-state index in [-0.39, 0.29) is 5.56 Å². The van der Waals surface area contributed by atoms with E-state index in [1.807, 2.05) is 48.5 Å². The molecule has 5 nitrogen and oxygen atoms in total. The summed E-state index contributed by atoms with van der Waals surface area (Å²) < 4.78 is 7.89. The predicted octanol–water partition coefficient (Wildman–Crippen LogP) is 6.40. The van der Waals surface area contributed by atoms with Gasteiger partial charge in [0.05, 0.1) is 24.0 Å². The van der Waals surface area contributed by atoms with Crippen LogP contribution in [0, 0.1) is 0 Å². The molecule has 0 radical (unpaired) electrons. The first kappa shape index (κ1) is 22.4. The highest BCUT2D eigenvalue weighted by Gasteiger charge is 2.15. The first-order valence-corrected chi connectivity index (χ1v) is 12.0. The van der Waals surface area contributed by atoms with Crippen LogP contribution in [0.3, 0.4) is 0 Å². The van der Waals surface area contributed by atoms with Crippen LogP contribution in [0.5, 0.6) is 5.75 Å². The lowest BCUT2D eigenvalue weighted by Crippen LogP contribution is -2.24. The number of unbranched alkanes of at least 4 members (excludes halogenated alkanes) is 1. The second-order valence-corrected chi connectivity index (χ2v) is 9.03. The molecule has 0 aliphatic heterocycles. The van der Waals surface area contributed by atoms with E-state index in [2.05, 4.69) is 23.7 Å². The van der Waals surface area contributed by atoms with Crippen LogP contribution in [0.15, 0.2) is 59.7 Å². The molecule has 2 heterocycles. The predicted molar refractivity (Wildman–Crippen MR) is 135 cm³/mol. The van der Waals surface area contributed by atoms with Crippen molar-refractivity contribution < 1.29 is 4.74 Å². The van der Waals surface area contributed by atoms with Gasteiger partial charge in [-0.05, 0) is 49.2 Å². The standard InChI is InChI=1S/C25H26ClN3O2S/c1-4-6-13-28(5-2)21-12-11-19(14-22(21)31-3)29-16-27-20-15-23(32-24(20)25(29)30)17-7-9-18(26)10-8-17/h7-12,14-16H,4-6,13H2,1-3H3. The minimum atomic E-state index is -0.0895. The number of anilines is 1. The smallest absolute Gasteiger partial charge is 0.275 e. The van der Waals surface area contributed by atoms with Gasteiger partial charge < -0.3 is 9.64 Å². The summed E-state index contributed by atoms with van der Waals surface area (Å²) in [6.07, 6.45) is 3.84. The van der Waals surface area contributed by atoms with E-state index in [9.17, 15) is 4.79 Å². The number of nitrogens with zero attached hydrogens (tertiary/aromatic N) is 3. The summed E-state index contributed by atoms with van der Waals surface area (Å²) in [5.74, 6) is 0.750. The van der Waals surface area contributed by atoms with Crippen LogP contribution < -0.4 is 15.2 Å². The van der Waals surface area contributed by atoms with Crippen LogP contribution in [-0.2, 0) is 0 Å². The highest BCUT2D eigenvalue weighted by atomic mass is 35.5. The number of hydrogen-bond donors (Lipinski definition) is 0. The Morgan fingerprint density at radius 2 is 1.91 bits per heavy atom. The third-order valence-electron chi connectivity index (χ3n) is 5.51. The number of thiophene rings is 1. The Bertz CT molecular complexity index is 1280. The molecule has 4 aromatic rings. The SMILES string of the molecule is CCCCN(CC)c1ccc(-n2cnc3cc(-c4ccc(Cl)cc4)sc3c2=O)cc1OC. The number of aromatic nitrogens is 2. The quantitative estimate of drug-likeness (QED) is 0.300.